The van der Waals surface area contributed by atoms with Crippen LogP contribution in [0.2, 0.25) is 5.02 Å². The van der Waals surface area contributed by atoms with Crippen LogP contribution < -0.4 is 4.90 Å². The number of carbonyl (C=O) groups is 2. The van der Waals surface area contributed by atoms with Crippen molar-refractivity contribution in [1.29, 1.82) is 0 Å². The molecule has 2 amide bonds. The Morgan fingerprint density at radius 2 is 1.62 bits per heavy atom. The Morgan fingerprint density at radius 1 is 0.933 bits per heavy atom. The Labute approximate surface area is 279 Å². The first-order chi connectivity index (χ1) is 21.7. The summed E-state index contributed by atoms with van der Waals surface area (Å²) < 4.78 is 29.9. The van der Waals surface area contributed by atoms with Crippen molar-refractivity contribution in [3.8, 4) is 0 Å². The van der Waals surface area contributed by atoms with Crippen molar-refractivity contribution in [3.63, 3.8) is 0 Å². The minimum Gasteiger partial charge on any atom is -0.340 e. The normalized spacial score (nSPS) is 20.2. The third kappa shape index (κ3) is 6.58. The summed E-state index contributed by atoms with van der Waals surface area (Å²) >= 11 is 9.68. The molecule has 0 radical (unpaired) electrons. The molecule has 0 spiro atoms. The lowest BCUT2D eigenvalue weighted by molar-refractivity contribution is -0.138. The van der Waals surface area contributed by atoms with Crippen molar-refractivity contribution in [2.45, 2.75) is 43.5 Å². The molecular weight excluding hydrogens is 676 g/mol. The van der Waals surface area contributed by atoms with Gasteiger partial charge in [0, 0.05) is 67.4 Å². The standard InChI is InChI=1S/C34H38BrClN4O4S/c1-2-32(41)40-16-14-26-21-29(35)31(22-30(26)40)45(43,44)39-15-6-9-27(23-39)34(42)38-19-17-37(18-20-38)33(24-7-4-3-5-8-24)25-10-12-28(36)13-11-25/h3-5,7-8,10-13,21-22,27,33H,2,6,9,14-20,23H2,1H3/t27-,33+/m1/s1. The Bertz CT molecular complexity index is 1660. The number of carbonyl (C=O) groups excluding carboxylic acids is 2. The molecule has 0 N–H and O–H groups in total. The number of amides is 2. The maximum absolute atomic E-state index is 14.0. The highest BCUT2D eigenvalue weighted by molar-refractivity contribution is 9.10. The van der Waals surface area contributed by atoms with Crippen LogP contribution in [0.15, 0.2) is 76.1 Å². The number of hydrogen-bond donors (Lipinski definition) is 0. The Balaban J connectivity index is 1.14. The number of hydrogen-bond acceptors (Lipinski definition) is 5. The lowest BCUT2D eigenvalue weighted by Crippen LogP contribution is -2.53. The summed E-state index contributed by atoms with van der Waals surface area (Å²) in [5.74, 6) is -0.399. The molecule has 0 aliphatic carbocycles. The fraction of sp³-hybridized carbons (Fsp3) is 0.412. The van der Waals surface area contributed by atoms with Crippen LogP contribution in [0.3, 0.4) is 0 Å². The van der Waals surface area contributed by atoms with Gasteiger partial charge in [-0.1, -0.05) is 61.0 Å². The van der Waals surface area contributed by atoms with Crippen molar-refractivity contribution in [2.24, 2.45) is 5.92 Å². The molecule has 238 valence electrons. The van der Waals surface area contributed by atoms with Gasteiger partial charge in [0.2, 0.25) is 21.8 Å². The summed E-state index contributed by atoms with van der Waals surface area (Å²) in [6.07, 6.45) is 2.33. The smallest absolute Gasteiger partial charge is 0.244 e. The fourth-order valence-corrected chi connectivity index (χ4v) is 9.61. The largest absolute Gasteiger partial charge is 0.340 e. The number of rotatable bonds is 7. The van der Waals surface area contributed by atoms with Crippen LogP contribution in [-0.2, 0) is 26.0 Å². The molecule has 0 unspecified atom stereocenters. The van der Waals surface area contributed by atoms with E-state index in [1.165, 1.54) is 9.87 Å². The second kappa shape index (κ2) is 13.5. The predicted octanol–water partition coefficient (Wildman–Crippen LogP) is 5.74. The highest BCUT2D eigenvalue weighted by Gasteiger charge is 2.38. The van der Waals surface area contributed by atoms with Gasteiger partial charge in [0.05, 0.1) is 16.9 Å². The summed E-state index contributed by atoms with van der Waals surface area (Å²) in [5.41, 5.74) is 3.96. The van der Waals surface area contributed by atoms with Crippen LogP contribution in [0.4, 0.5) is 5.69 Å². The molecule has 0 saturated carbocycles. The summed E-state index contributed by atoms with van der Waals surface area (Å²) in [6.45, 7) is 5.45. The van der Waals surface area contributed by atoms with Gasteiger partial charge in [0.15, 0.2) is 0 Å². The van der Waals surface area contributed by atoms with Gasteiger partial charge in [0.1, 0.15) is 0 Å². The number of piperazine rings is 1. The number of halogens is 2. The first kappa shape index (κ1) is 32.2. The molecule has 8 nitrogen and oxygen atoms in total. The number of fused-ring (bicyclic) bond motifs is 1. The van der Waals surface area contributed by atoms with Gasteiger partial charge in [-0.2, -0.15) is 4.31 Å². The van der Waals surface area contributed by atoms with E-state index in [4.69, 9.17) is 11.6 Å². The fourth-order valence-electron chi connectivity index (χ4n) is 6.89. The quantitative estimate of drug-likeness (QED) is 0.312. The molecule has 0 bridgehead atoms. The molecule has 2 atom stereocenters. The Hall–Kier alpha value is -2.76. The first-order valence-electron chi connectivity index (χ1n) is 15.6. The van der Waals surface area contributed by atoms with Crippen LogP contribution in [-0.4, -0.2) is 80.2 Å². The second-order valence-corrected chi connectivity index (χ2v) is 15.2. The molecule has 6 rings (SSSR count). The van der Waals surface area contributed by atoms with E-state index in [-0.39, 0.29) is 29.3 Å². The van der Waals surface area contributed by atoms with Crippen LogP contribution in [0, 0.1) is 5.92 Å². The Morgan fingerprint density at radius 3 is 2.31 bits per heavy atom. The summed E-state index contributed by atoms with van der Waals surface area (Å²) in [4.78, 5) is 32.4. The van der Waals surface area contributed by atoms with Crippen molar-refractivity contribution in [2.75, 3.05) is 50.7 Å². The van der Waals surface area contributed by atoms with E-state index < -0.39 is 15.9 Å². The average molecular weight is 714 g/mol. The molecule has 3 heterocycles. The third-order valence-electron chi connectivity index (χ3n) is 9.28. The lowest BCUT2D eigenvalue weighted by Gasteiger charge is -2.41. The molecular formula is C34H38BrClN4O4S. The number of anilines is 1. The van der Waals surface area contributed by atoms with E-state index in [0.29, 0.717) is 80.1 Å². The molecule has 3 aromatic rings. The third-order valence-corrected chi connectivity index (χ3v) is 12.4. The van der Waals surface area contributed by atoms with Gasteiger partial charge in [0.25, 0.3) is 0 Å². The summed E-state index contributed by atoms with van der Waals surface area (Å²) in [7, 11) is -3.89. The van der Waals surface area contributed by atoms with E-state index in [1.807, 2.05) is 48.2 Å². The molecule has 3 aromatic carbocycles. The number of benzene rings is 3. The van der Waals surface area contributed by atoms with Crippen molar-refractivity contribution < 1.29 is 18.0 Å². The summed E-state index contributed by atoms with van der Waals surface area (Å²) in [6, 6.07) is 21.8. The zero-order chi connectivity index (χ0) is 31.7. The van der Waals surface area contributed by atoms with Gasteiger partial charge in [-0.05, 0) is 76.1 Å². The Kier molecular flexibility index (Phi) is 9.68. The highest BCUT2D eigenvalue weighted by Crippen LogP contribution is 2.38. The first-order valence-corrected chi connectivity index (χ1v) is 18.2. The average Bonchev–Trinajstić information content (AvgIpc) is 3.48. The lowest BCUT2D eigenvalue weighted by atomic mass is 9.95. The SMILES string of the molecule is CCC(=O)N1CCc2cc(Br)c(S(=O)(=O)N3CCC[C@@H](C(=O)N4CCN([C@@H](c5ccccc5)c5ccc(Cl)cc5)CC4)C3)cc21. The molecule has 0 aromatic heterocycles. The molecule has 3 aliphatic rings. The minimum absolute atomic E-state index is 0.0186. The zero-order valence-electron chi connectivity index (χ0n) is 25.4. The monoisotopic (exact) mass is 712 g/mol. The van der Waals surface area contributed by atoms with Crippen LogP contribution in [0.25, 0.3) is 0 Å². The van der Waals surface area contributed by atoms with Crippen LogP contribution in [0.5, 0.6) is 0 Å². The predicted molar refractivity (Wildman–Crippen MR) is 180 cm³/mol. The minimum atomic E-state index is -3.89. The van der Waals surface area contributed by atoms with E-state index >= 15 is 0 Å². The summed E-state index contributed by atoms with van der Waals surface area (Å²) in [5, 5.41) is 0.696. The van der Waals surface area contributed by atoms with Gasteiger partial charge in [-0.3, -0.25) is 14.5 Å². The molecule has 45 heavy (non-hydrogen) atoms. The number of sulfonamides is 1. The van der Waals surface area contributed by atoms with E-state index in [2.05, 4.69) is 45.1 Å². The maximum atomic E-state index is 14.0. The zero-order valence-corrected chi connectivity index (χ0v) is 28.5. The van der Waals surface area contributed by atoms with E-state index in [1.54, 1.807) is 11.0 Å². The van der Waals surface area contributed by atoms with E-state index in [9.17, 15) is 18.0 Å². The molecule has 11 heteroatoms. The topological polar surface area (TPSA) is 81.2 Å². The second-order valence-electron chi connectivity index (χ2n) is 12.0. The molecule has 2 fully saturated rings. The highest BCUT2D eigenvalue weighted by atomic mass is 79.9. The van der Waals surface area contributed by atoms with E-state index in [0.717, 1.165) is 11.1 Å². The van der Waals surface area contributed by atoms with Gasteiger partial charge < -0.3 is 9.80 Å². The molecule has 3 aliphatic heterocycles. The van der Waals surface area contributed by atoms with Crippen molar-refractivity contribution in [1.82, 2.24) is 14.1 Å². The van der Waals surface area contributed by atoms with Crippen molar-refractivity contribution in [3.05, 3.63) is 92.9 Å². The van der Waals surface area contributed by atoms with Crippen LogP contribution >= 0.6 is 27.5 Å². The number of piperidine rings is 1. The molecule has 2 saturated heterocycles. The van der Waals surface area contributed by atoms with Gasteiger partial charge in [-0.25, -0.2) is 8.42 Å². The van der Waals surface area contributed by atoms with Gasteiger partial charge >= 0.3 is 0 Å². The van der Waals surface area contributed by atoms with Gasteiger partial charge in [-0.15, -0.1) is 0 Å². The van der Waals surface area contributed by atoms with Crippen molar-refractivity contribution >= 4 is 55.1 Å². The number of nitrogens with zero attached hydrogens (tertiary/aromatic N) is 4. The maximum Gasteiger partial charge on any atom is 0.244 e. The van der Waals surface area contributed by atoms with Crippen LogP contribution in [0.1, 0.15) is 48.9 Å².